The number of nitrogens with one attached hydrogen (secondary N) is 1. The Balaban J connectivity index is 1.42. The van der Waals surface area contributed by atoms with Crippen LogP contribution in [0.25, 0.3) is 11.5 Å². The van der Waals surface area contributed by atoms with E-state index in [9.17, 15) is 0 Å². The van der Waals surface area contributed by atoms with Crippen molar-refractivity contribution in [3.63, 3.8) is 0 Å². The fourth-order valence-electron chi connectivity index (χ4n) is 2.91. The molecule has 3 heterocycles. The molecule has 0 spiro atoms. The van der Waals surface area contributed by atoms with Crippen LogP contribution in [-0.4, -0.2) is 46.7 Å². The van der Waals surface area contributed by atoms with E-state index in [1.807, 2.05) is 19.1 Å². The predicted octanol–water partition coefficient (Wildman–Crippen LogP) is 3.37. The molecule has 136 valence electrons. The van der Waals surface area contributed by atoms with Crippen LogP contribution in [0.5, 0.6) is 0 Å². The highest BCUT2D eigenvalue weighted by atomic mass is 32.2. The van der Waals surface area contributed by atoms with Crippen LogP contribution in [-0.2, 0) is 5.75 Å². The monoisotopic (exact) mass is 387 g/mol. The van der Waals surface area contributed by atoms with Crippen molar-refractivity contribution in [3.8, 4) is 11.5 Å². The topological polar surface area (TPSA) is 67.1 Å². The Labute approximate surface area is 161 Å². The van der Waals surface area contributed by atoms with Gasteiger partial charge in [-0.05, 0) is 38.2 Å². The lowest BCUT2D eigenvalue weighted by Crippen LogP contribution is -2.44. The second-order valence-corrected chi connectivity index (χ2v) is 8.44. The summed E-state index contributed by atoms with van der Waals surface area (Å²) in [4.78, 5) is 12.6. The number of hydrogen-bond acceptors (Lipinski definition) is 8. The van der Waals surface area contributed by atoms with Gasteiger partial charge in [-0.3, -0.25) is 4.90 Å². The van der Waals surface area contributed by atoms with Crippen LogP contribution < -0.4 is 5.32 Å². The number of hydrogen-bond donors (Lipinski definition) is 1. The highest BCUT2D eigenvalue weighted by molar-refractivity contribution is 7.98. The van der Waals surface area contributed by atoms with E-state index in [0.29, 0.717) is 5.89 Å². The van der Waals surface area contributed by atoms with Crippen LogP contribution in [0.1, 0.15) is 22.6 Å². The molecule has 26 heavy (non-hydrogen) atoms. The van der Waals surface area contributed by atoms with Gasteiger partial charge in [0.25, 0.3) is 5.89 Å². The lowest BCUT2D eigenvalue weighted by Gasteiger charge is -2.30. The number of aryl methyl sites for hydroxylation is 1. The quantitative estimate of drug-likeness (QED) is 0.673. The summed E-state index contributed by atoms with van der Waals surface area (Å²) < 4.78 is 5.49. The number of piperazine rings is 1. The maximum absolute atomic E-state index is 5.49. The summed E-state index contributed by atoms with van der Waals surface area (Å²) in [7, 11) is 2.09. The molecule has 1 saturated heterocycles. The molecule has 0 bridgehead atoms. The van der Waals surface area contributed by atoms with Crippen LogP contribution in [0.3, 0.4) is 0 Å². The first-order valence-electron chi connectivity index (χ1n) is 8.58. The smallest absolute Gasteiger partial charge is 0.257 e. The molecular weight excluding hydrogens is 366 g/mol. The van der Waals surface area contributed by atoms with Crippen molar-refractivity contribution in [1.82, 2.24) is 25.3 Å². The van der Waals surface area contributed by atoms with Gasteiger partial charge in [0.2, 0.25) is 0 Å². The molecule has 8 heteroatoms. The second-order valence-electron chi connectivity index (χ2n) is 6.33. The van der Waals surface area contributed by atoms with E-state index in [1.54, 1.807) is 23.1 Å². The number of nitrogens with zero attached hydrogens (tertiary/aromatic N) is 4. The van der Waals surface area contributed by atoms with Crippen molar-refractivity contribution < 1.29 is 4.52 Å². The summed E-state index contributed by atoms with van der Waals surface area (Å²) in [5.74, 6) is 2.20. The van der Waals surface area contributed by atoms with Gasteiger partial charge in [-0.1, -0.05) is 5.16 Å². The molecule has 1 aliphatic heterocycles. The Kier molecular flexibility index (Phi) is 5.35. The van der Waals surface area contributed by atoms with Crippen molar-refractivity contribution >= 4 is 23.1 Å². The summed E-state index contributed by atoms with van der Waals surface area (Å²) in [5.41, 5.74) is 2.08. The highest BCUT2D eigenvalue weighted by Gasteiger charge is 2.25. The second kappa shape index (κ2) is 7.87. The molecule has 1 atom stereocenters. The number of benzene rings is 1. The largest absolute Gasteiger partial charge is 0.334 e. The van der Waals surface area contributed by atoms with Gasteiger partial charge in [-0.2, -0.15) is 4.98 Å². The SMILES string of the molecule is Cc1nc(CSc2ccc(-c3nc(C4CNCCN4C)no3)cc2)cs1. The maximum Gasteiger partial charge on any atom is 0.257 e. The van der Waals surface area contributed by atoms with Gasteiger partial charge in [0.05, 0.1) is 16.7 Å². The first kappa shape index (κ1) is 17.7. The zero-order valence-electron chi connectivity index (χ0n) is 14.8. The molecule has 1 N–H and O–H groups in total. The molecule has 1 unspecified atom stereocenters. The minimum Gasteiger partial charge on any atom is -0.334 e. The fourth-order valence-corrected chi connectivity index (χ4v) is 4.42. The molecular formula is C18H21N5OS2. The summed E-state index contributed by atoms with van der Waals surface area (Å²) in [6, 6.07) is 8.43. The van der Waals surface area contributed by atoms with Crippen LogP contribution in [0, 0.1) is 6.92 Å². The van der Waals surface area contributed by atoms with Crippen molar-refractivity contribution in [1.29, 1.82) is 0 Å². The number of thiazole rings is 1. The summed E-state index contributed by atoms with van der Waals surface area (Å²) in [6.07, 6.45) is 0. The summed E-state index contributed by atoms with van der Waals surface area (Å²) in [5, 5.41) is 10.8. The zero-order valence-corrected chi connectivity index (χ0v) is 16.4. The van der Waals surface area contributed by atoms with Crippen LogP contribution in [0.15, 0.2) is 39.1 Å². The van der Waals surface area contributed by atoms with Gasteiger partial charge < -0.3 is 9.84 Å². The van der Waals surface area contributed by atoms with Gasteiger partial charge in [-0.15, -0.1) is 23.1 Å². The average molecular weight is 388 g/mol. The highest BCUT2D eigenvalue weighted by Crippen LogP contribution is 2.27. The molecule has 4 rings (SSSR count). The van der Waals surface area contributed by atoms with Crippen LogP contribution >= 0.6 is 23.1 Å². The summed E-state index contributed by atoms with van der Waals surface area (Å²) in [6.45, 7) is 4.87. The Morgan fingerprint density at radius 3 is 2.88 bits per heavy atom. The van der Waals surface area contributed by atoms with Crippen LogP contribution in [0.4, 0.5) is 0 Å². The normalized spacial score (nSPS) is 18.3. The first-order chi connectivity index (χ1) is 12.7. The Hall–Kier alpha value is -1.74. The maximum atomic E-state index is 5.49. The van der Waals surface area contributed by atoms with Crippen molar-refractivity contribution in [2.24, 2.45) is 0 Å². The van der Waals surface area contributed by atoms with Crippen LogP contribution in [0.2, 0.25) is 0 Å². The van der Waals surface area contributed by atoms with Gasteiger partial charge in [0.1, 0.15) is 0 Å². The molecule has 1 fully saturated rings. The summed E-state index contributed by atoms with van der Waals surface area (Å²) >= 11 is 3.47. The molecule has 1 aromatic carbocycles. The lowest BCUT2D eigenvalue weighted by atomic mass is 10.2. The molecule has 3 aromatic rings. The van der Waals surface area contributed by atoms with Crippen molar-refractivity contribution in [3.05, 3.63) is 46.2 Å². The number of thioether (sulfide) groups is 1. The first-order valence-corrected chi connectivity index (χ1v) is 10.4. The molecule has 0 aliphatic carbocycles. The number of rotatable bonds is 5. The Morgan fingerprint density at radius 2 is 2.15 bits per heavy atom. The van der Waals surface area contributed by atoms with Crippen molar-refractivity contribution in [2.75, 3.05) is 26.7 Å². The van der Waals surface area contributed by atoms with E-state index >= 15 is 0 Å². The molecule has 6 nitrogen and oxygen atoms in total. The third-order valence-electron chi connectivity index (χ3n) is 4.41. The third-order valence-corrected chi connectivity index (χ3v) is 6.27. The minimum absolute atomic E-state index is 0.164. The Bertz CT molecular complexity index is 861. The molecule has 0 amide bonds. The van der Waals surface area contributed by atoms with E-state index in [2.05, 4.69) is 49.9 Å². The van der Waals surface area contributed by atoms with E-state index in [0.717, 1.165) is 47.5 Å². The molecule has 0 radical (unpaired) electrons. The molecule has 1 aliphatic rings. The van der Waals surface area contributed by atoms with Gasteiger partial charge >= 0.3 is 0 Å². The van der Waals surface area contributed by atoms with E-state index in [4.69, 9.17) is 4.52 Å². The zero-order chi connectivity index (χ0) is 17.9. The predicted molar refractivity (Wildman–Crippen MR) is 104 cm³/mol. The fraction of sp³-hybridized carbons (Fsp3) is 0.389. The lowest BCUT2D eigenvalue weighted by molar-refractivity contribution is 0.190. The van der Waals surface area contributed by atoms with Gasteiger partial charge in [0.15, 0.2) is 5.82 Å². The van der Waals surface area contributed by atoms with E-state index in [1.165, 1.54) is 4.90 Å². The van der Waals surface area contributed by atoms with Gasteiger partial charge in [0, 0.05) is 41.2 Å². The third kappa shape index (κ3) is 3.98. The standard InChI is InChI=1S/C18H21N5OS2/c1-12-20-14(10-25-12)11-26-15-5-3-13(4-6-15)18-21-17(22-24-18)16-9-19-7-8-23(16)2/h3-6,10,16,19H,7-9,11H2,1-2H3. The number of likely N-dealkylation sites (N-methyl/N-ethyl adjacent to an activating group) is 1. The van der Waals surface area contributed by atoms with E-state index < -0.39 is 0 Å². The Morgan fingerprint density at radius 1 is 1.31 bits per heavy atom. The minimum atomic E-state index is 0.164. The van der Waals surface area contributed by atoms with Gasteiger partial charge in [-0.25, -0.2) is 4.98 Å². The van der Waals surface area contributed by atoms with E-state index in [-0.39, 0.29) is 6.04 Å². The average Bonchev–Trinajstić information content (AvgIpc) is 3.30. The molecule has 0 saturated carbocycles. The molecule has 2 aromatic heterocycles. The van der Waals surface area contributed by atoms with Crippen molar-refractivity contribution in [2.45, 2.75) is 23.6 Å². The number of aromatic nitrogens is 3.